The van der Waals surface area contributed by atoms with Crippen molar-refractivity contribution in [3.05, 3.63) is 0 Å². The van der Waals surface area contributed by atoms with Crippen molar-refractivity contribution in [2.24, 2.45) is 29.4 Å². The molecule has 6 nitrogen and oxygen atoms in total. The third-order valence-electron chi connectivity index (χ3n) is 5.38. The number of hydrogen-bond donors (Lipinski definition) is 2. The zero-order valence-electron chi connectivity index (χ0n) is 11.2. The third-order valence-corrected chi connectivity index (χ3v) is 5.38. The lowest BCUT2D eigenvalue weighted by atomic mass is 9.54. The summed E-state index contributed by atoms with van der Waals surface area (Å²) in [6, 6.07) is 0.517. The fourth-order valence-corrected chi connectivity index (χ4v) is 4.99. The zero-order valence-corrected chi connectivity index (χ0v) is 11.2. The van der Waals surface area contributed by atoms with Gasteiger partial charge in [-0.05, 0) is 66.2 Å². The normalized spacial score (nSPS) is 39.7. The first-order valence-electron chi connectivity index (χ1n) is 7.57. The molecule has 1 aromatic rings. The monoisotopic (exact) mass is 262 g/mol. The van der Waals surface area contributed by atoms with E-state index in [0.717, 1.165) is 36.2 Å². The van der Waals surface area contributed by atoms with Gasteiger partial charge in [0, 0.05) is 13.1 Å². The van der Waals surface area contributed by atoms with E-state index >= 15 is 0 Å². The second-order valence-electron chi connectivity index (χ2n) is 6.58. The molecule has 1 heterocycles. The summed E-state index contributed by atoms with van der Waals surface area (Å²) >= 11 is 0. The van der Waals surface area contributed by atoms with Gasteiger partial charge in [0.25, 0.3) is 0 Å². The highest BCUT2D eigenvalue weighted by molar-refractivity contribution is 5.23. The summed E-state index contributed by atoms with van der Waals surface area (Å²) < 4.78 is 2.06. The topological polar surface area (TPSA) is 81.7 Å². The number of anilines is 1. The molecule has 0 amide bonds. The Morgan fingerprint density at radius 3 is 2.42 bits per heavy atom. The molecule has 6 heteroatoms. The van der Waals surface area contributed by atoms with Crippen LogP contribution in [0.5, 0.6) is 0 Å². The minimum Gasteiger partial charge on any atom is -0.352 e. The maximum Gasteiger partial charge on any atom is 0.243 e. The molecule has 4 aliphatic carbocycles. The van der Waals surface area contributed by atoms with Crippen LogP contribution >= 0.6 is 0 Å². The summed E-state index contributed by atoms with van der Waals surface area (Å²) in [5.74, 6) is 4.35. The van der Waals surface area contributed by atoms with E-state index in [2.05, 4.69) is 25.5 Å². The van der Waals surface area contributed by atoms with Crippen molar-refractivity contribution in [3.8, 4) is 0 Å². The standard InChI is InChI=1S/C13H22N6/c14-1-2-15-13-16-17-18-19(13)12-10-4-8-3-9(6-10)7-11(12)5-8/h8-12H,1-7,14H2,(H,15,16,18). The van der Waals surface area contributed by atoms with Gasteiger partial charge in [0.05, 0.1) is 6.04 Å². The smallest absolute Gasteiger partial charge is 0.243 e. The summed E-state index contributed by atoms with van der Waals surface area (Å²) in [5, 5.41) is 15.5. The third kappa shape index (κ3) is 1.84. The van der Waals surface area contributed by atoms with E-state index in [1.165, 1.54) is 32.1 Å². The Hall–Kier alpha value is -1.17. The Bertz CT molecular complexity index is 428. The van der Waals surface area contributed by atoms with Crippen molar-refractivity contribution in [1.82, 2.24) is 20.2 Å². The molecule has 4 bridgehead atoms. The molecule has 4 aliphatic rings. The van der Waals surface area contributed by atoms with E-state index in [-0.39, 0.29) is 0 Å². The van der Waals surface area contributed by atoms with Crippen LogP contribution in [0.25, 0.3) is 0 Å². The second-order valence-corrected chi connectivity index (χ2v) is 6.58. The first-order valence-corrected chi connectivity index (χ1v) is 7.57. The maximum atomic E-state index is 5.55. The molecule has 0 saturated heterocycles. The van der Waals surface area contributed by atoms with E-state index in [0.29, 0.717) is 12.6 Å². The predicted molar refractivity (Wildman–Crippen MR) is 71.4 cm³/mol. The molecule has 0 spiro atoms. The number of nitrogens with one attached hydrogen (secondary N) is 1. The predicted octanol–water partition coefficient (Wildman–Crippen LogP) is 1.04. The van der Waals surface area contributed by atoms with Crippen molar-refractivity contribution in [2.45, 2.75) is 38.1 Å². The molecule has 1 aromatic heterocycles. The number of rotatable bonds is 4. The fourth-order valence-electron chi connectivity index (χ4n) is 4.99. The first kappa shape index (κ1) is 11.6. The van der Waals surface area contributed by atoms with E-state index in [1.54, 1.807) is 0 Å². The van der Waals surface area contributed by atoms with Gasteiger partial charge in [-0.3, -0.25) is 0 Å². The van der Waals surface area contributed by atoms with Crippen LogP contribution in [-0.4, -0.2) is 33.3 Å². The van der Waals surface area contributed by atoms with E-state index in [1.807, 2.05) is 0 Å². The van der Waals surface area contributed by atoms with Gasteiger partial charge < -0.3 is 11.1 Å². The highest BCUT2D eigenvalue weighted by Gasteiger charge is 2.49. The van der Waals surface area contributed by atoms with Crippen molar-refractivity contribution < 1.29 is 0 Å². The molecule has 104 valence electrons. The lowest BCUT2D eigenvalue weighted by Gasteiger charge is -2.54. The average Bonchev–Trinajstić information content (AvgIpc) is 2.83. The van der Waals surface area contributed by atoms with Gasteiger partial charge in [-0.25, -0.2) is 4.68 Å². The molecule has 4 saturated carbocycles. The fraction of sp³-hybridized carbons (Fsp3) is 0.923. The Labute approximate surface area is 113 Å². The quantitative estimate of drug-likeness (QED) is 0.847. The van der Waals surface area contributed by atoms with Crippen LogP contribution in [0.15, 0.2) is 0 Å². The van der Waals surface area contributed by atoms with Gasteiger partial charge in [0.15, 0.2) is 0 Å². The van der Waals surface area contributed by atoms with Crippen LogP contribution in [0.1, 0.15) is 38.1 Å². The average molecular weight is 262 g/mol. The van der Waals surface area contributed by atoms with Gasteiger partial charge in [-0.15, -0.1) is 0 Å². The Morgan fingerprint density at radius 2 is 1.79 bits per heavy atom. The van der Waals surface area contributed by atoms with Crippen LogP contribution in [0.4, 0.5) is 5.95 Å². The summed E-state index contributed by atoms with van der Waals surface area (Å²) in [7, 11) is 0. The number of nitrogens with zero attached hydrogens (tertiary/aromatic N) is 4. The SMILES string of the molecule is NCCNc1nnnn1C1C2CC3CC(C2)CC1C3. The molecule has 19 heavy (non-hydrogen) atoms. The number of aromatic nitrogens is 4. The van der Waals surface area contributed by atoms with Crippen LogP contribution in [0, 0.1) is 23.7 Å². The van der Waals surface area contributed by atoms with Gasteiger partial charge in [0.2, 0.25) is 5.95 Å². The maximum absolute atomic E-state index is 5.55. The Morgan fingerprint density at radius 1 is 1.11 bits per heavy atom. The largest absolute Gasteiger partial charge is 0.352 e. The van der Waals surface area contributed by atoms with Crippen molar-refractivity contribution in [1.29, 1.82) is 0 Å². The van der Waals surface area contributed by atoms with E-state index < -0.39 is 0 Å². The first-order chi connectivity index (χ1) is 9.35. The van der Waals surface area contributed by atoms with Crippen molar-refractivity contribution in [3.63, 3.8) is 0 Å². The van der Waals surface area contributed by atoms with Crippen LogP contribution < -0.4 is 11.1 Å². The van der Waals surface area contributed by atoms with Crippen LogP contribution in [0.2, 0.25) is 0 Å². The van der Waals surface area contributed by atoms with Gasteiger partial charge in [-0.1, -0.05) is 5.10 Å². The lowest BCUT2D eigenvalue weighted by Crippen LogP contribution is -2.46. The highest BCUT2D eigenvalue weighted by atomic mass is 15.6. The summed E-state index contributed by atoms with van der Waals surface area (Å²) in [5.41, 5.74) is 5.55. The summed E-state index contributed by atoms with van der Waals surface area (Å²) in [6.07, 6.45) is 7.01. The van der Waals surface area contributed by atoms with Crippen molar-refractivity contribution in [2.75, 3.05) is 18.4 Å². The van der Waals surface area contributed by atoms with Crippen molar-refractivity contribution >= 4 is 5.95 Å². The number of nitrogens with two attached hydrogens (primary N) is 1. The molecule has 0 radical (unpaired) electrons. The lowest BCUT2D eigenvalue weighted by molar-refractivity contribution is -0.0334. The molecule has 3 N–H and O–H groups in total. The zero-order chi connectivity index (χ0) is 12.8. The molecular weight excluding hydrogens is 240 g/mol. The van der Waals surface area contributed by atoms with Gasteiger partial charge >= 0.3 is 0 Å². The summed E-state index contributed by atoms with van der Waals surface area (Å²) in [4.78, 5) is 0. The number of tetrazole rings is 1. The molecule has 0 unspecified atom stereocenters. The van der Waals surface area contributed by atoms with E-state index in [4.69, 9.17) is 5.73 Å². The van der Waals surface area contributed by atoms with Crippen LogP contribution in [0.3, 0.4) is 0 Å². The summed E-state index contributed by atoms with van der Waals surface area (Å²) in [6.45, 7) is 1.34. The molecular formula is C13H22N6. The Kier molecular flexibility index (Phi) is 2.72. The van der Waals surface area contributed by atoms with Gasteiger partial charge in [0.1, 0.15) is 0 Å². The van der Waals surface area contributed by atoms with Gasteiger partial charge in [-0.2, -0.15) is 0 Å². The van der Waals surface area contributed by atoms with E-state index in [9.17, 15) is 0 Å². The Balaban J connectivity index is 1.60. The number of hydrogen-bond acceptors (Lipinski definition) is 5. The molecule has 5 rings (SSSR count). The molecule has 4 fully saturated rings. The highest BCUT2D eigenvalue weighted by Crippen LogP contribution is 2.58. The minimum atomic E-state index is 0.517. The van der Waals surface area contributed by atoms with Crippen LogP contribution in [-0.2, 0) is 0 Å². The molecule has 0 aromatic carbocycles. The minimum absolute atomic E-state index is 0.517. The molecule has 0 aliphatic heterocycles. The molecule has 0 atom stereocenters. The second kappa shape index (κ2) is 4.44.